The van der Waals surface area contributed by atoms with Crippen LogP contribution in [0.3, 0.4) is 0 Å². The largest absolute Gasteiger partial charge is 0.393 e. The molecule has 3 aromatic rings. The molecule has 0 amide bonds. The van der Waals surface area contributed by atoms with E-state index < -0.39 is 11.6 Å². The van der Waals surface area contributed by atoms with Crippen LogP contribution in [-0.2, 0) is 0 Å². The zero-order chi connectivity index (χ0) is 19.0. The van der Waals surface area contributed by atoms with Crippen LogP contribution in [0.2, 0.25) is 0 Å². The molecule has 0 saturated heterocycles. The van der Waals surface area contributed by atoms with Gasteiger partial charge in [-0.1, -0.05) is 6.07 Å². The number of pyridine rings is 1. The Hall–Kier alpha value is -2.87. The van der Waals surface area contributed by atoms with Gasteiger partial charge in [-0.3, -0.25) is 0 Å². The molecule has 1 fully saturated rings. The lowest BCUT2D eigenvalue weighted by molar-refractivity contribution is 0.126. The summed E-state index contributed by atoms with van der Waals surface area (Å²) in [5.74, 6) is -1.16. The molecule has 1 aromatic carbocycles. The molecular formula is C19H19F2N5O. The fourth-order valence-electron chi connectivity index (χ4n) is 3.39. The quantitative estimate of drug-likeness (QED) is 0.654. The molecule has 2 aromatic heterocycles. The Labute approximate surface area is 154 Å². The topological polar surface area (TPSA) is 97.0 Å². The maximum absolute atomic E-state index is 13.7. The zero-order valence-electron chi connectivity index (χ0n) is 14.5. The minimum Gasteiger partial charge on any atom is -0.393 e. The van der Waals surface area contributed by atoms with Crippen LogP contribution in [0, 0.1) is 11.6 Å². The van der Waals surface area contributed by atoms with E-state index in [0.29, 0.717) is 28.0 Å². The average Bonchev–Trinajstić information content (AvgIpc) is 2.66. The third-order valence-electron chi connectivity index (χ3n) is 4.91. The van der Waals surface area contributed by atoms with Crippen molar-refractivity contribution in [1.82, 2.24) is 15.0 Å². The van der Waals surface area contributed by atoms with Crippen LogP contribution in [0.25, 0.3) is 22.0 Å². The molecule has 1 aliphatic rings. The van der Waals surface area contributed by atoms with E-state index in [2.05, 4.69) is 20.3 Å². The number of nitrogens with one attached hydrogen (secondary N) is 1. The lowest BCUT2D eigenvalue weighted by Gasteiger charge is -2.26. The molecule has 0 spiro atoms. The summed E-state index contributed by atoms with van der Waals surface area (Å²) < 4.78 is 27.0. The number of hydrogen-bond acceptors (Lipinski definition) is 6. The fourth-order valence-corrected chi connectivity index (χ4v) is 3.39. The van der Waals surface area contributed by atoms with Crippen molar-refractivity contribution in [3.63, 3.8) is 0 Å². The van der Waals surface area contributed by atoms with Crippen molar-refractivity contribution in [3.05, 3.63) is 42.2 Å². The lowest BCUT2D eigenvalue weighted by atomic mass is 9.93. The van der Waals surface area contributed by atoms with Gasteiger partial charge < -0.3 is 16.2 Å². The summed E-state index contributed by atoms with van der Waals surface area (Å²) in [7, 11) is 0. The van der Waals surface area contributed by atoms with Crippen LogP contribution < -0.4 is 11.1 Å². The molecular weight excluding hydrogens is 352 g/mol. The van der Waals surface area contributed by atoms with Crippen LogP contribution in [-0.4, -0.2) is 32.2 Å². The minimum absolute atomic E-state index is 0.178. The van der Waals surface area contributed by atoms with Gasteiger partial charge in [-0.2, -0.15) is 0 Å². The second kappa shape index (κ2) is 7.03. The molecule has 0 atom stereocenters. The highest BCUT2D eigenvalue weighted by molar-refractivity contribution is 5.98. The van der Waals surface area contributed by atoms with Gasteiger partial charge in [0.15, 0.2) is 11.6 Å². The smallest absolute Gasteiger partial charge is 0.223 e. The maximum Gasteiger partial charge on any atom is 0.223 e. The zero-order valence-corrected chi connectivity index (χ0v) is 14.5. The van der Waals surface area contributed by atoms with Crippen LogP contribution in [0.5, 0.6) is 0 Å². The summed E-state index contributed by atoms with van der Waals surface area (Å²) >= 11 is 0. The van der Waals surface area contributed by atoms with Crippen molar-refractivity contribution in [2.75, 3.05) is 11.1 Å². The number of aromatic nitrogens is 3. The molecule has 8 heteroatoms. The van der Waals surface area contributed by atoms with E-state index in [9.17, 15) is 13.9 Å². The van der Waals surface area contributed by atoms with Crippen LogP contribution in [0.1, 0.15) is 25.7 Å². The maximum atomic E-state index is 13.7. The molecule has 1 aliphatic carbocycles. The van der Waals surface area contributed by atoms with E-state index in [4.69, 9.17) is 5.73 Å². The molecule has 1 saturated carbocycles. The third-order valence-corrected chi connectivity index (χ3v) is 4.91. The predicted octanol–water partition coefficient (Wildman–Crippen LogP) is 3.27. The van der Waals surface area contributed by atoms with E-state index in [1.807, 2.05) is 0 Å². The third kappa shape index (κ3) is 3.52. The van der Waals surface area contributed by atoms with Gasteiger partial charge in [0.05, 0.1) is 17.0 Å². The summed E-state index contributed by atoms with van der Waals surface area (Å²) in [6.45, 7) is 0. The molecule has 0 unspecified atom stereocenters. The molecule has 140 valence electrons. The Balaban J connectivity index is 1.73. The van der Waals surface area contributed by atoms with E-state index in [0.717, 1.165) is 37.8 Å². The first-order valence-electron chi connectivity index (χ1n) is 8.82. The average molecular weight is 371 g/mol. The van der Waals surface area contributed by atoms with Crippen LogP contribution >= 0.6 is 0 Å². The number of rotatable bonds is 3. The first-order valence-corrected chi connectivity index (χ1v) is 8.82. The summed E-state index contributed by atoms with van der Waals surface area (Å²) in [5.41, 5.74) is 7.45. The molecule has 27 heavy (non-hydrogen) atoms. The fraction of sp³-hybridized carbons (Fsp3) is 0.316. The van der Waals surface area contributed by atoms with Gasteiger partial charge in [0.2, 0.25) is 5.95 Å². The summed E-state index contributed by atoms with van der Waals surface area (Å²) in [6, 6.07) is 3.83. The highest BCUT2D eigenvalue weighted by Gasteiger charge is 2.20. The number of anilines is 2. The van der Waals surface area contributed by atoms with E-state index in [-0.39, 0.29) is 18.0 Å². The summed E-state index contributed by atoms with van der Waals surface area (Å²) in [5, 5.41) is 13.5. The number of fused-ring (bicyclic) bond motifs is 1. The van der Waals surface area contributed by atoms with E-state index in [1.54, 1.807) is 6.20 Å². The van der Waals surface area contributed by atoms with Crippen molar-refractivity contribution in [2.24, 2.45) is 0 Å². The van der Waals surface area contributed by atoms with E-state index >= 15 is 0 Å². The second-order valence-electron chi connectivity index (χ2n) is 6.79. The number of nitrogen functional groups attached to an aromatic ring is 1. The molecule has 0 radical (unpaired) electrons. The standard InChI is InChI=1S/C19H19F2N5O/c20-15-6-1-10(7-16(15)21)13-8-23-18(22)14-9-24-19(26-17(13)14)25-11-2-4-12(27)5-3-11/h1,6-9,11-12,27H,2-5H2,(H2,22,23)(H,24,25,26). The predicted molar refractivity (Wildman–Crippen MR) is 99.0 cm³/mol. The van der Waals surface area contributed by atoms with Crippen molar-refractivity contribution in [1.29, 1.82) is 0 Å². The molecule has 0 bridgehead atoms. The number of nitrogens with zero attached hydrogens (tertiary/aromatic N) is 3. The highest BCUT2D eigenvalue weighted by atomic mass is 19.2. The molecule has 4 rings (SSSR count). The van der Waals surface area contributed by atoms with E-state index in [1.165, 1.54) is 12.3 Å². The molecule has 0 aliphatic heterocycles. The minimum atomic E-state index is -0.939. The van der Waals surface area contributed by atoms with Gasteiger partial charge >= 0.3 is 0 Å². The first-order chi connectivity index (χ1) is 13.0. The van der Waals surface area contributed by atoms with Crippen molar-refractivity contribution in [3.8, 4) is 11.1 Å². The Morgan fingerprint density at radius 2 is 1.81 bits per heavy atom. The number of halogens is 2. The number of hydrogen-bond donors (Lipinski definition) is 3. The Morgan fingerprint density at radius 3 is 2.56 bits per heavy atom. The highest BCUT2D eigenvalue weighted by Crippen LogP contribution is 2.31. The van der Waals surface area contributed by atoms with Gasteiger partial charge in [0, 0.05) is 24.0 Å². The van der Waals surface area contributed by atoms with Gasteiger partial charge in [0.1, 0.15) is 5.82 Å². The Bertz CT molecular complexity index is 989. The molecule has 6 nitrogen and oxygen atoms in total. The normalized spacial score (nSPS) is 20.0. The second-order valence-corrected chi connectivity index (χ2v) is 6.79. The first kappa shape index (κ1) is 17.5. The monoisotopic (exact) mass is 371 g/mol. The van der Waals surface area contributed by atoms with Crippen LogP contribution in [0.15, 0.2) is 30.6 Å². The molecule has 2 heterocycles. The lowest BCUT2D eigenvalue weighted by Crippen LogP contribution is -2.28. The number of aliphatic hydroxyl groups is 1. The van der Waals surface area contributed by atoms with Gasteiger partial charge in [0.25, 0.3) is 0 Å². The summed E-state index contributed by atoms with van der Waals surface area (Å²) in [4.78, 5) is 13.0. The molecule has 4 N–H and O–H groups in total. The Kier molecular flexibility index (Phi) is 4.57. The van der Waals surface area contributed by atoms with Crippen molar-refractivity contribution in [2.45, 2.75) is 37.8 Å². The Morgan fingerprint density at radius 1 is 1.04 bits per heavy atom. The van der Waals surface area contributed by atoms with Crippen LogP contribution in [0.4, 0.5) is 20.5 Å². The van der Waals surface area contributed by atoms with Gasteiger partial charge in [-0.05, 0) is 43.4 Å². The SMILES string of the molecule is Nc1ncc(-c2ccc(F)c(F)c2)c2nc(NC3CCC(O)CC3)ncc12. The van der Waals surface area contributed by atoms with Gasteiger partial charge in [-0.25, -0.2) is 23.7 Å². The number of aliphatic hydroxyl groups excluding tert-OH is 1. The summed E-state index contributed by atoms with van der Waals surface area (Å²) in [6.07, 6.45) is 5.97. The number of nitrogens with two attached hydrogens (primary N) is 1. The van der Waals surface area contributed by atoms with Gasteiger partial charge in [-0.15, -0.1) is 0 Å². The van der Waals surface area contributed by atoms with Crippen molar-refractivity contribution < 1.29 is 13.9 Å². The van der Waals surface area contributed by atoms with Crippen molar-refractivity contribution >= 4 is 22.7 Å². The number of benzene rings is 1.